The van der Waals surface area contributed by atoms with Crippen LogP contribution in [-0.2, 0) is 18.1 Å². The molecule has 1 aromatic heterocycles. The van der Waals surface area contributed by atoms with Gasteiger partial charge in [-0.05, 0) is 17.7 Å². The Morgan fingerprint density at radius 2 is 1.55 bits per heavy atom. The molecule has 0 amide bonds. The Morgan fingerprint density at radius 3 is 2.00 bits per heavy atom. The van der Waals surface area contributed by atoms with E-state index >= 15 is 0 Å². The molecule has 0 atom stereocenters. The molecule has 0 aliphatic heterocycles. The lowest BCUT2D eigenvalue weighted by Gasteiger charge is -2.08. The van der Waals surface area contributed by atoms with E-state index in [2.05, 4.69) is 10.2 Å². The van der Waals surface area contributed by atoms with Gasteiger partial charge in [0.1, 0.15) is 0 Å². The lowest BCUT2D eigenvalue weighted by molar-refractivity contribution is -0.146. The van der Waals surface area contributed by atoms with Gasteiger partial charge in [-0.25, -0.2) is 4.68 Å². The minimum absolute atomic E-state index is 0.103. The second-order valence-corrected chi connectivity index (χ2v) is 5.10. The summed E-state index contributed by atoms with van der Waals surface area (Å²) in [5.74, 6) is 3.99. The first-order valence-corrected chi connectivity index (χ1v) is 6.64. The summed E-state index contributed by atoms with van der Waals surface area (Å²) >= 11 is 0.834. The molecule has 0 bridgehead atoms. The van der Waals surface area contributed by atoms with Crippen LogP contribution in [0.15, 0.2) is 29.4 Å². The summed E-state index contributed by atoms with van der Waals surface area (Å²) in [5, 5.41) is 6.06. The Kier molecular flexibility index (Phi) is 4.27. The van der Waals surface area contributed by atoms with Gasteiger partial charge in [0, 0.05) is 5.75 Å². The van der Waals surface area contributed by atoms with Crippen LogP contribution in [0.1, 0.15) is 17.0 Å². The predicted octanol–water partition coefficient (Wildman–Crippen LogP) is 3.32. The van der Waals surface area contributed by atoms with Crippen LogP contribution in [0.5, 0.6) is 0 Å². The maximum atomic E-state index is 12.5. The Bertz CT molecular complexity index is 646. The second-order valence-electron chi connectivity index (χ2n) is 4.16. The van der Waals surface area contributed by atoms with Crippen LogP contribution < -0.4 is 5.84 Å². The lowest BCUT2D eigenvalue weighted by atomic mass is 10.1. The second kappa shape index (κ2) is 5.71. The van der Waals surface area contributed by atoms with E-state index < -0.39 is 23.7 Å². The van der Waals surface area contributed by atoms with Gasteiger partial charge < -0.3 is 5.84 Å². The monoisotopic (exact) mass is 342 g/mol. The van der Waals surface area contributed by atoms with E-state index in [-0.39, 0.29) is 10.9 Å². The van der Waals surface area contributed by atoms with Gasteiger partial charge in [-0.1, -0.05) is 23.9 Å². The number of rotatable bonds is 3. The number of hydrogen-bond donors (Lipinski definition) is 1. The van der Waals surface area contributed by atoms with Crippen molar-refractivity contribution in [3.8, 4) is 0 Å². The molecule has 0 spiro atoms. The van der Waals surface area contributed by atoms with Crippen molar-refractivity contribution in [2.75, 3.05) is 5.84 Å². The number of nitrogens with zero attached hydrogens (tertiary/aromatic N) is 3. The van der Waals surface area contributed by atoms with Crippen molar-refractivity contribution in [2.24, 2.45) is 0 Å². The lowest BCUT2D eigenvalue weighted by Crippen LogP contribution is -2.21. The highest BCUT2D eigenvalue weighted by Gasteiger charge is 2.38. The van der Waals surface area contributed by atoms with Gasteiger partial charge in [-0.15, -0.1) is 10.2 Å². The Balaban J connectivity index is 2.06. The van der Waals surface area contributed by atoms with Gasteiger partial charge in [0.2, 0.25) is 5.16 Å². The molecule has 120 valence electrons. The van der Waals surface area contributed by atoms with E-state index in [4.69, 9.17) is 5.84 Å². The zero-order valence-corrected chi connectivity index (χ0v) is 11.4. The molecule has 0 saturated heterocycles. The van der Waals surface area contributed by atoms with Crippen LogP contribution >= 0.6 is 11.8 Å². The topological polar surface area (TPSA) is 56.7 Å². The molecule has 0 aliphatic rings. The number of nitrogen functional groups attached to an aromatic ring is 1. The molecule has 2 aromatic rings. The number of hydrogen-bond acceptors (Lipinski definition) is 4. The predicted molar refractivity (Wildman–Crippen MR) is 66.2 cm³/mol. The third-order valence-corrected chi connectivity index (χ3v) is 3.58. The van der Waals surface area contributed by atoms with Crippen molar-refractivity contribution >= 4 is 11.8 Å². The average Bonchev–Trinajstić information content (AvgIpc) is 2.77. The first-order valence-electron chi connectivity index (χ1n) is 5.65. The van der Waals surface area contributed by atoms with E-state index in [0.717, 1.165) is 23.9 Å². The summed E-state index contributed by atoms with van der Waals surface area (Å²) in [6.07, 6.45) is -9.17. The van der Waals surface area contributed by atoms with Crippen molar-refractivity contribution in [1.82, 2.24) is 14.9 Å². The van der Waals surface area contributed by atoms with E-state index in [0.29, 0.717) is 10.2 Å². The van der Waals surface area contributed by atoms with Crippen molar-refractivity contribution in [2.45, 2.75) is 23.3 Å². The van der Waals surface area contributed by atoms with Gasteiger partial charge in [0.15, 0.2) is 0 Å². The zero-order valence-electron chi connectivity index (χ0n) is 10.6. The first-order chi connectivity index (χ1) is 10.1. The van der Waals surface area contributed by atoms with Crippen LogP contribution in [0.4, 0.5) is 26.3 Å². The van der Waals surface area contributed by atoms with Crippen molar-refractivity contribution in [1.29, 1.82) is 0 Å². The summed E-state index contributed by atoms with van der Waals surface area (Å²) < 4.78 is 74.9. The van der Waals surface area contributed by atoms with Gasteiger partial charge in [0.25, 0.3) is 5.82 Å². The normalized spacial score (nSPS) is 12.6. The summed E-state index contributed by atoms with van der Waals surface area (Å²) in [4.78, 5) is 0. The summed E-state index contributed by atoms with van der Waals surface area (Å²) in [6, 6.07) is 4.25. The maximum Gasteiger partial charge on any atom is 0.453 e. The quantitative estimate of drug-likeness (QED) is 0.528. The Labute approximate surface area is 124 Å². The Morgan fingerprint density at radius 1 is 0.955 bits per heavy atom. The van der Waals surface area contributed by atoms with Crippen LogP contribution in [0, 0.1) is 0 Å². The Hall–Kier alpha value is -1.91. The van der Waals surface area contributed by atoms with E-state index in [1.807, 2.05) is 0 Å². The van der Waals surface area contributed by atoms with E-state index in [9.17, 15) is 26.3 Å². The maximum absolute atomic E-state index is 12.5. The molecule has 1 heterocycles. The molecular formula is C11H8F6N4S. The molecule has 0 saturated carbocycles. The third kappa shape index (κ3) is 3.64. The molecule has 2 rings (SSSR count). The minimum atomic E-state index is -4.73. The highest BCUT2D eigenvalue weighted by atomic mass is 32.2. The number of thioether (sulfide) groups is 1. The van der Waals surface area contributed by atoms with Crippen molar-refractivity contribution < 1.29 is 26.3 Å². The highest BCUT2D eigenvalue weighted by Crippen LogP contribution is 2.31. The minimum Gasteiger partial charge on any atom is -0.335 e. The molecular weight excluding hydrogens is 334 g/mol. The molecule has 1 aromatic carbocycles. The van der Waals surface area contributed by atoms with Crippen LogP contribution in [-0.4, -0.2) is 14.9 Å². The molecule has 4 nitrogen and oxygen atoms in total. The smallest absolute Gasteiger partial charge is 0.335 e. The third-order valence-electron chi connectivity index (χ3n) is 2.57. The largest absolute Gasteiger partial charge is 0.453 e. The number of benzene rings is 1. The standard InChI is InChI=1S/C11H8F6N4S/c12-10(13,14)7-3-1-6(2-4-7)5-22-9-20-19-8(21(9)18)11(15,16)17/h1-4H,5,18H2. The van der Waals surface area contributed by atoms with Gasteiger partial charge >= 0.3 is 12.4 Å². The highest BCUT2D eigenvalue weighted by molar-refractivity contribution is 7.98. The number of halogens is 6. The molecule has 0 aliphatic carbocycles. The van der Waals surface area contributed by atoms with Crippen LogP contribution in [0.2, 0.25) is 0 Å². The summed E-state index contributed by atoms with van der Waals surface area (Å²) in [7, 11) is 0. The van der Waals surface area contributed by atoms with Gasteiger partial charge in [0.05, 0.1) is 5.56 Å². The van der Waals surface area contributed by atoms with Gasteiger partial charge in [-0.3, -0.25) is 0 Å². The molecule has 0 radical (unpaired) electrons. The summed E-state index contributed by atoms with van der Waals surface area (Å²) in [6.45, 7) is 0. The SMILES string of the molecule is Nn1c(SCc2ccc(C(F)(F)F)cc2)nnc1C(F)(F)F. The number of aromatic nitrogens is 3. The first kappa shape index (κ1) is 16.5. The molecule has 11 heteroatoms. The van der Waals surface area contributed by atoms with E-state index in [1.54, 1.807) is 0 Å². The molecule has 0 fully saturated rings. The molecule has 2 N–H and O–H groups in total. The fourth-order valence-electron chi connectivity index (χ4n) is 1.51. The van der Waals surface area contributed by atoms with Crippen LogP contribution in [0.25, 0.3) is 0 Å². The van der Waals surface area contributed by atoms with Gasteiger partial charge in [-0.2, -0.15) is 26.3 Å². The number of alkyl halides is 6. The fraction of sp³-hybridized carbons (Fsp3) is 0.273. The molecule has 0 unspecified atom stereocenters. The van der Waals surface area contributed by atoms with Crippen molar-refractivity contribution in [3.63, 3.8) is 0 Å². The average molecular weight is 342 g/mol. The number of nitrogens with two attached hydrogens (primary N) is 1. The zero-order chi connectivity index (χ0) is 16.5. The summed E-state index contributed by atoms with van der Waals surface area (Å²) in [5.41, 5.74) is -0.322. The van der Waals surface area contributed by atoms with Crippen LogP contribution in [0.3, 0.4) is 0 Å². The van der Waals surface area contributed by atoms with E-state index in [1.165, 1.54) is 12.1 Å². The fourth-order valence-corrected chi connectivity index (χ4v) is 2.32. The molecule has 22 heavy (non-hydrogen) atoms. The van der Waals surface area contributed by atoms with Crippen molar-refractivity contribution in [3.05, 3.63) is 41.2 Å².